The Morgan fingerprint density at radius 1 is 1.12 bits per heavy atom. The van der Waals surface area contributed by atoms with Gasteiger partial charge in [0.05, 0.1) is 18.8 Å². The zero-order valence-corrected chi connectivity index (χ0v) is 16.0. The Bertz CT molecular complexity index is 782. The topological polar surface area (TPSA) is 130 Å². The molecule has 1 aromatic rings. The highest BCUT2D eigenvalue weighted by Gasteiger charge is 2.27. The minimum atomic E-state index is -4.28. The number of anilines is 1. The molecule has 8 nitrogen and oxygen atoms in total. The summed E-state index contributed by atoms with van der Waals surface area (Å²) < 4.78 is 54.4. The van der Waals surface area contributed by atoms with Gasteiger partial charge in [0.25, 0.3) is 0 Å². The molecule has 148 valence electrons. The van der Waals surface area contributed by atoms with Gasteiger partial charge in [-0.05, 0) is 26.8 Å². The van der Waals surface area contributed by atoms with Crippen LogP contribution in [0.4, 0.5) is 14.5 Å². The first kappa shape index (κ1) is 24.2. The van der Waals surface area contributed by atoms with Crippen LogP contribution in [-0.4, -0.2) is 38.9 Å². The van der Waals surface area contributed by atoms with E-state index >= 15 is 0 Å². The lowest BCUT2D eigenvalue weighted by molar-refractivity contribution is -0.123. The molecule has 0 fully saturated rings. The Kier molecular flexibility index (Phi) is 8.57. The van der Waals surface area contributed by atoms with Gasteiger partial charge in [0.1, 0.15) is 16.5 Å². The second-order valence-corrected chi connectivity index (χ2v) is 7.80. The number of rotatable bonds is 6. The Morgan fingerprint density at radius 3 is 2.19 bits per heavy atom. The Balaban J connectivity index is 0.00000625. The maximum Gasteiger partial charge on any atom is 0.244 e. The molecule has 0 atom stereocenters. The van der Waals surface area contributed by atoms with Crippen LogP contribution in [0.1, 0.15) is 20.8 Å². The first-order chi connectivity index (χ1) is 11.4. The smallest absolute Gasteiger partial charge is 0.244 e. The summed E-state index contributed by atoms with van der Waals surface area (Å²) >= 11 is 0. The predicted molar refractivity (Wildman–Crippen MR) is 94.4 cm³/mol. The van der Waals surface area contributed by atoms with E-state index in [0.717, 1.165) is 0 Å². The van der Waals surface area contributed by atoms with Crippen LogP contribution < -0.4 is 21.1 Å². The fourth-order valence-electron chi connectivity index (χ4n) is 1.73. The fourth-order valence-corrected chi connectivity index (χ4v) is 3.24. The second-order valence-electron chi connectivity index (χ2n) is 6.15. The average Bonchev–Trinajstić information content (AvgIpc) is 2.44. The predicted octanol–water partition coefficient (Wildman–Crippen LogP) is 0.477. The van der Waals surface area contributed by atoms with Gasteiger partial charge in [0.2, 0.25) is 21.8 Å². The molecular weight excluding hydrogens is 394 g/mol. The van der Waals surface area contributed by atoms with E-state index in [0.29, 0.717) is 12.1 Å². The number of hydrogen-bond acceptors (Lipinski definition) is 5. The van der Waals surface area contributed by atoms with Crippen molar-refractivity contribution in [2.75, 3.05) is 18.4 Å². The SMILES string of the molecule is CC(C)(C)NS(=O)(=O)c1cc(NC(=O)CNC(=O)CN)c(F)cc1F.Cl. The molecule has 26 heavy (non-hydrogen) atoms. The van der Waals surface area contributed by atoms with Gasteiger partial charge in [-0.15, -0.1) is 12.4 Å². The summed E-state index contributed by atoms with van der Waals surface area (Å²) in [4.78, 5) is 21.8. The van der Waals surface area contributed by atoms with Crippen molar-refractivity contribution in [3.05, 3.63) is 23.8 Å². The number of carbonyl (C=O) groups is 2. The summed E-state index contributed by atoms with van der Waals surface area (Å²) in [6.45, 7) is 3.81. The fraction of sp³-hybridized carbons (Fsp3) is 0.429. The highest BCUT2D eigenvalue weighted by atomic mass is 35.5. The summed E-state index contributed by atoms with van der Waals surface area (Å²) in [5, 5.41) is 4.22. The molecule has 0 spiro atoms. The van der Waals surface area contributed by atoms with Crippen LogP contribution in [0.5, 0.6) is 0 Å². The van der Waals surface area contributed by atoms with Crippen LogP contribution >= 0.6 is 12.4 Å². The van der Waals surface area contributed by atoms with Gasteiger partial charge in [-0.3, -0.25) is 9.59 Å². The highest BCUT2D eigenvalue weighted by Crippen LogP contribution is 2.24. The molecule has 0 saturated carbocycles. The number of sulfonamides is 1. The molecule has 0 aliphatic rings. The minimum Gasteiger partial charge on any atom is -0.346 e. The number of benzene rings is 1. The minimum absolute atomic E-state index is 0. The molecule has 0 unspecified atom stereocenters. The lowest BCUT2D eigenvalue weighted by Gasteiger charge is -2.21. The number of nitrogens with two attached hydrogens (primary N) is 1. The molecule has 12 heteroatoms. The zero-order valence-electron chi connectivity index (χ0n) is 14.4. The Hall–Kier alpha value is -1.82. The van der Waals surface area contributed by atoms with Crippen molar-refractivity contribution >= 4 is 39.9 Å². The second kappa shape index (κ2) is 9.21. The van der Waals surface area contributed by atoms with Crippen LogP contribution in [0, 0.1) is 11.6 Å². The maximum atomic E-state index is 13.9. The summed E-state index contributed by atoms with van der Waals surface area (Å²) in [5.74, 6) is -3.90. The number of nitrogens with one attached hydrogen (secondary N) is 3. The van der Waals surface area contributed by atoms with Gasteiger partial charge in [-0.1, -0.05) is 0 Å². The van der Waals surface area contributed by atoms with Gasteiger partial charge in [0.15, 0.2) is 0 Å². The van der Waals surface area contributed by atoms with Crippen molar-refractivity contribution in [1.29, 1.82) is 0 Å². The lowest BCUT2D eigenvalue weighted by atomic mass is 10.1. The van der Waals surface area contributed by atoms with E-state index in [-0.39, 0.29) is 19.0 Å². The third-order valence-corrected chi connectivity index (χ3v) is 4.43. The standard InChI is InChI=1S/C14H20F2N4O4S.ClH/c1-14(2,3)20-25(23,24)11-5-10(8(15)4-9(11)16)19-13(22)7-18-12(21)6-17;/h4-5,20H,6-7,17H2,1-3H3,(H,18,21)(H,19,22);1H. The Labute approximate surface area is 156 Å². The summed E-state index contributed by atoms with van der Waals surface area (Å²) in [5.41, 5.74) is 3.62. The van der Waals surface area contributed by atoms with Crippen molar-refractivity contribution in [2.24, 2.45) is 5.73 Å². The van der Waals surface area contributed by atoms with Crippen molar-refractivity contribution in [3.63, 3.8) is 0 Å². The number of hydrogen-bond donors (Lipinski definition) is 4. The highest BCUT2D eigenvalue weighted by molar-refractivity contribution is 7.89. The van der Waals surface area contributed by atoms with Gasteiger partial charge < -0.3 is 16.4 Å². The maximum absolute atomic E-state index is 13.9. The van der Waals surface area contributed by atoms with Gasteiger partial charge >= 0.3 is 0 Å². The van der Waals surface area contributed by atoms with E-state index in [1.165, 1.54) is 0 Å². The van der Waals surface area contributed by atoms with Crippen molar-refractivity contribution in [3.8, 4) is 0 Å². The molecule has 0 aromatic heterocycles. The van der Waals surface area contributed by atoms with E-state index < -0.39 is 56.1 Å². The molecule has 0 radical (unpaired) electrons. The Morgan fingerprint density at radius 2 is 1.69 bits per heavy atom. The molecule has 2 amide bonds. The molecule has 5 N–H and O–H groups in total. The van der Waals surface area contributed by atoms with E-state index in [1.54, 1.807) is 20.8 Å². The summed E-state index contributed by atoms with van der Waals surface area (Å²) in [6.07, 6.45) is 0. The van der Waals surface area contributed by atoms with Crippen LogP contribution in [0.2, 0.25) is 0 Å². The molecule has 1 aromatic carbocycles. The van der Waals surface area contributed by atoms with Crippen molar-refractivity contribution in [2.45, 2.75) is 31.2 Å². The normalized spacial score (nSPS) is 11.5. The third kappa shape index (κ3) is 7.20. The molecule has 0 heterocycles. The van der Waals surface area contributed by atoms with Gasteiger partial charge in [-0.25, -0.2) is 21.9 Å². The van der Waals surface area contributed by atoms with Gasteiger partial charge in [-0.2, -0.15) is 0 Å². The molecule has 0 saturated heterocycles. The van der Waals surface area contributed by atoms with Crippen LogP contribution in [0.25, 0.3) is 0 Å². The van der Waals surface area contributed by atoms with Crippen LogP contribution in [0.15, 0.2) is 17.0 Å². The number of amides is 2. The van der Waals surface area contributed by atoms with Crippen molar-refractivity contribution < 1.29 is 26.8 Å². The quantitative estimate of drug-likeness (QED) is 0.537. The zero-order chi connectivity index (χ0) is 19.4. The monoisotopic (exact) mass is 414 g/mol. The molecular formula is C14H21ClF2N4O4S. The molecule has 1 rings (SSSR count). The van der Waals surface area contributed by atoms with E-state index in [2.05, 4.69) is 15.4 Å². The van der Waals surface area contributed by atoms with Crippen molar-refractivity contribution in [1.82, 2.24) is 10.0 Å². The number of halogens is 3. The number of carbonyl (C=O) groups excluding carboxylic acids is 2. The molecule has 0 aliphatic heterocycles. The molecule has 0 aliphatic carbocycles. The van der Waals surface area contributed by atoms with E-state index in [4.69, 9.17) is 5.73 Å². The first-order valence-corrected chi connectivity index (χ1v) is 8.63. The molecule has 0 bridgehead atoms. The van der Waals surface area contributed by atoms with E-state index in [9.17, 15) is 26.8 Å². The first-order valence-electron chi connectivity index (χ1n) is 7.15. The van der Waals surface area contributed by atoms with E-state index in [1.807, 2.05) is 0 Å². The average molecular weight is 415 g/mol. The van der Waals surface area contributed by atoms with Crippen LogP contribution in [0.3, 0.4) is 0 Å². The lowest BCUT2D eigenvalue weighted by Crippen LogP contribution is -2.41. The largest absolute Gasteiger partial charge is 0.346 e. The summed E-state index contributed by atoms with van der Waals surface area (Å²) in [6, 6.07) is 1.02. The van der Waals surface area contributed by atoms with Gasteiger partial charge in [0, 0.05) is 11.6 Å². The third-order valence-electron chi connectivity index (χ3n) is 2.66. The van der Waals surface area contributed by atoms with Crippen LogP contribution in [-0.2, 0) is 19.6 Å². The summed E-state index contributed by atoms with van der Waals surface area (Å²) in [7, 11) is -4.28.